The van der Waals surface area contributed by atoms with E-state index >= 15 is 0 Å². The second-order valence-electron chi connectivity index (χ2n) is 4.86. The molecule has 0 unspecified atom stereocenters. The van der Waals surface area contributed by atoms with E-state index in [2.05, 4.69) is 9.97 Å². The van der Waals surface area contributed by atoms with Crippen LogP contribution in [0, 0.1) is 5.82 Å². The van der Waals surface area contributed by atoms with Gasteiger partial charge in [-0.2, -0.15) is 0 Å². The molecule has 0 aliphatic rings. The van der Waals surface area contributed by atoms with Gasteiger partial charge in [-0.1, -0.05) is 11.6 Å². The number of alkyl halides is 1. The number of hydrogen-bond donors (Lipinski definition) is 1. The van der Waals surface area contributed by atoms with E-state index < -0.39 is 18.5 Å². The molecule has 2 rings (SSSR count). The predicted octanol–water partition coefficient (Wildman–Crippen LogP) is 3.22. The second kappa shape index (κ2) is 8.06. The lowest BCUT2D eigenvalue weighted by atomic mass is 10.1. The number of nitrogens with two attached hydrogens (primary N) is 1. The first-order valence-electron chi connectivity index (χ1n) is 7.36. The van der Waals surface area contributed by atoms with Crippen LogP contribution in [0.4, 0.5) is 14.6 Å². The summed E-state index contributed by atoms with van der Waals surface area (Å²) >= 11 is 5.90. The molecule has 0 radical (unpaired) electrons. The molecule has 0 aliphatic heterocycles. The highest BCUT2D eigenvalue weighted by Crippen LogP contribution is 2.32. The van der Waals surface area contributed by atoms with Gasteiger partial charge in [-0.05, 0) is 19.1 Å². The van der Waals surface area contributed by atoms with Crippen molar-refractivity contribution < 1.29 is 23.0 Å². The molecule has 2 N–H and O–H groups in total. The molecule has 25 heavy (non-hydrogen) atoms. The number of ether oxygens (including phenoxy) is 2. The fourth-order valence-corrected chi connectivity index (χ4v) is 2.46. The van der Waals surface area contributed by atoms with E-state index in [0.29, 0.717) is 0 Å². The monoisotopic (exact) mass is 371 g/mol. The zero-order valence-corrected chi connectivity index (χ0v) is 14.4. The minimum atomic E-state index is -0.784. The molecule has 9 heteroatoms. The van der Waals surface area contributed by atoms with Gasteiger partial charge in [0.2, 0.25) is 0 Å². The second-order valence-corrected chi connectivity index (χ2v) is 5.27. The van der Waals surface area contributed by atoms with E-state index in [1.54, 1.807) is 6.92 Å². The number of carbonyl (C=O) groups excluding carboxylic acids is 1. The summed E-state index contributed by atoms with van der Waals surface area (Å²) in [5.41, 5.74) is 5.50. The highest BCUT2D eigenvalue weighted by atomic mass is 35.5. The van der Waals surface area contributed by atoms with Crippen molar-refractivity contribution in [2.24, 2.45) is 0 Å². The molecular formula is C16H16ClF2N3O3. The number of methoxy groups -OCH3 is 1. The molecule has 0 bridgehead atoms. The summed E-state index contributed by atoms with van der Waals surface area (Å²) in [4.78, 5) is 20.0. The van der Waals surface area contributed by atoms with E-state index in [1.165, 1.54) is 19.2 Å². The van der Waals surface area contributed by atoms with Gasteiger partial charge < -0.3 is 15.2 Å². The van der Waals surface area contributed by atoms with Gasteiger partial charge in [-0.3, -0.25) is 4.39 Å². The Kier molecular flexibility index (Phi) is 6.08. The van der Waals surface area contributed by atoms with E-state index in [1.807, 2.05) is 0 Å². The molecule has 0 aliphatic carbocycles. The number of nitrogen functional groups attached to an aromatic ring is 1. The number of halogens is 3. The Morgan fingerprint density at radius 3 is 2.68 bits per heavy atom. The smallest absolute Gasteiger partial charge is 0.361 e. The predicted molar refractivity (Wildman–Crippen MR) is 89.0 cm³/mol. The largest absolute Gasteiger partial charge is 0.491 e. The topological polar surface area (TPSA) is 87.3 Å². The molecule has 0 fully saturated rings. The fraction of sp³-hybridized carbons (Fsp3) is 0.312. The summed E-state index contributed by atoms with van der Waals surface area (Å²) in [7, 11) is 1.29. The standard InChI is InChI=1S/C16H16ClF2N3O3/c1-3-25-16(23)12-13(24-2)14(20)22-15(21-12)9-4-5-10(17)8(6-7-18)11(9)19/h4-5H,3,6-7H2,1-2H3,(H2,20,21,22). The number of aromatic nitrogens is 2. The van der Waals surface area contributed by atoms with Gasteiger partial charge in [0.25, 0.3) is 0 Å². The van der Waals surface area contributed by atoms with Gasteiger partial charge in [-0.15, -0.1) is 0 Å². The van der Waals surface area contributed by atoms with Crippen molar-refractivity contribution in [3.63, 3.8) is 0 Å². The van der Waals surface area contributed by atoms with Crippen molar-refractivity contribution in [1.29, 1.82) is 0 Å². The van der Waals surface area contributed by atoms with Crippen LogP contribution in [0.25, 0.3) is 11.4 Å². The quantitative estimate of drug-likeness (QED) is 0.784. The Morgan fingerprint density at radius 1 is 1.36 bits per heavy atom. The van der Waals surface area contributed by atoms with E-state index in [0.717, 1.165) is 0 Å². The van der Waals surface area contributed by atoms with Crippen LogP contribution in [-0.4, -0.2) is 36.3 Å². The average molecular weight is 372 g/mol. The van der Waals surface area contributed by atoms with Crippen LogP contribution in [0.3, 0.4) is 0 Å². The van der Waals surface area contributed by atoms with Gasteiger partial charge in [0.15, 0.2) is 23.1 Å². The first kappa shape index (κ1) is 18.9. The molecule has 0 atom stereocenters. The van der Waals surface area contributed by atoms with Crippen LogP contribution in [0.1, 0.15) is 23.0 Å². The lowest BCUT2D eigenvalue weighted by Crippen LogP contribution is -2.13. The zero-order chi connectivity index (χ0) is 18.6. The van der Waals surface area contributed by atoms with Crippen LogP contribution >= 0.6 is 11.6 Å². The SMILES string of the molecule is CCOC(=O)c1nc(-c2ccc(Cl)c(CCF)c2F)nc(N)c1OC. The van der Waals surface area contributed by atoms with Crippen molar-refractivity contribution in [1.82, 2.24) is 9.97 Å². The zero-order valence-electron chi connectivity index (χ0n) is 13.6. The maximum absolute atomic E-state index is 14.7. The van der Waals surface area contributed by atoms with Gasteiger partial charge in [0.1, 0.15) is 5.82 Å². The summed E-state index contributed by atoms with van der Waals surface area (Å²) in [6, 6.07) is 2.73. The average Bonchev–Trinajstić information content (AvgIpc) is 2.58. The van der Waals surface area contributed by atoms with Crippen LogP contribution in [0.5, 0.6) is 5.75 Å². The highest BCUT2D eigenvalue weighted by Gasteiger charge is 2.23. The van der Waals surface area contributed by atoms with Crippen LogP contribution in [0.15, 0.2) is 12.1 Å². The summed E-state index contributed by atoms with van der Waals surface area (Å²) in [6.07, 6.45) is -0.200. The van der Waals surface area contributed by atoms with Gasteiger partial charge in [0.05, 0.1) is 26.0 Å². The molecule has 2 aromatic rings. The van der Waals surface area contributed by atoms with Gasteiger partial charge in [0, 0.05) is 17.0 Å². The number of anilines is 1. The number of esters is 1. The highest BCUT2D eigenvalue weighted by molar-refractivity contribution is 6.31. The van der Waals surface area contributed by atoms with Crippen LogP contribution in [-0.2, 0) is 11.2 Å². The fourth-order valence-electron chi connectivity index (χ4n) is 2.22. The summed E-state index contributed by atoms with van der Waals surface area (Å²) in [5, 5.41) is 0.0889. The van der Waals surface area contributed by atoms with Crippen molar-refractivity contribution in [2.45, 2.75) is 13.3 Å². The minimum absolute atomic E-state index is 0.00246. The maximum Gasteiger partial charge on any atom is 0.361 e. The van der Waals surface area contributed by atoms with Crippen molar-refractivity contribution in [3.05, 3.63) is 34.2 Å². The number of hydrogen-bond acceptors (Lipinski definition) is 6. The van der Waals surface area contributed by atoms with E-state index in [-0.39, 0.29) is 52.3 Å². The third-order valence-electron chi connectivity index (χ3n) is 3.34. The summed E-state index contributed by atoms with van der Waals surface area (Å²) in [5.74, 6) is -1.94. The molecule has 1 aromatic heterocycles. The van der Waals surface area contributed by atoms with Crippen molar-refractivity contribution in [2.75, 3.05) is 26.1 Å². The first-order chi connectivity index (χ1) is 11.9. The summed E-state index contributed by atoms with van der Waals surface area (Å²) < 4.78 is 37.2. The Balaban J connectivity index is 2.64. The van der Waals surface area contributed by atoms with Crippen molar-refractivity contribution >= 4 is 23.4 Å². The molecule has 6 nitrogen and oxygen atoms in total. The first-order valence-corrected chi connectivity index (χ1v) is 7.74. The third kappa shape index (κ3) is 3.79. The number of nitrogens with zero attached hydrogens (tertiary/aromatic N) is 2. The van der Waals surface area contributed by atoms with Crippen LogP contribution in [0.2, 0.25) is 5.02 Å². The molecule has 0 amide bonds. The molecular weight excluding hydrogens is 356 g/mol. The molecule has 0 saturated carbocycles. The van der Waals surface area contributed by atoms with E-state index in [9.17, 15) is 13.6 Å². The number of carbonyl (C=O) groups is 1. The summed E-state index contributed by atoms with van der Waals surface area (Å²) in [6.45, 7) is 0.953. The molecule has 0 spiro atoms. The number of benzene rings is 1. The maximum atomic E-state index is 14.7. The molecule has 0 saturated heterocycles. The van der Waals surface area contributed by atoms with Gasteiger partial charge in [-0.25, -0.2) is 19.2 Å². The normalized spacial score (nSPS) is 10.6. The van der Waals surface area contributed by atoms with Crippen LogP contribution < -0.4 is 10.5 Å². The lowest BCUT2D eigenvalue weighted by molar-refractivity contribution is 0.0515. The Hall–Kier alpha value is -2.48. The van der Waals surface area contributed by atoms with E-state index in [4.69, 9.17) is 26.8 Å². The Labute approximate surface area is 147 Å². The Morgan fingerprint density at radius 2 is 2.08 bits per heavy atom. The lowest BCUT2D eigenvalue weighted by Gasteiger charge is -2.13. The minimum Gasteiger partial charge on any atom is -0.491 e. The van der Waals surface area contributed by atoms with Gasteiger partial charge >= 0.3 is 5.97 Å². The number of rotatable bonds is 6. The Bertz CT molecular complexity index is 803. The molecule has 134 valence electrons. The third-order valence-corrected chi connectivity index (χ3v) is 3.69. The van der Waals surface area contributed by atoms with Crippen molar-refractivity contribution in [3.8, 4) is 17.1 Å². The molecule has 1 aromatic carbocycles. The molecule has 1 heterocycles.